The summed E-state index contributed by atoms with van der Waals surface area (Å²) in [6, 6.07) is 2.20. The van der Waals surface area contributed by atoms with Gasteiger partial charge in [0.15, 0.2) is 0 Å². The average molecular weight is 163 g/mol. The first-order valence-electron chi connectivity index (χ1n) is 4.19. The number of rotatable bonds is 2. The molecule has 0 N–H and O–H groups in total. The lowest BCUT2D eigenvalue weighted by Gasteiger charge is -2.23. The van der Waals surface area contributed by atoms with Gasteiger partial charge in [-0.1, -0.05) is 13.0 Å². The minimum atomic E-state index is -0.448. The lowest BCUT2D eigenvalue weighted by Crippen LogP contribution is -2.27. The van der Waals surface area contributed by atoms with Crippen molar-refractivity contribution in [3.63, 3.8) is 0 Å². The van der Waals surface area contributed by atoms with Gasteiger partial charge in [-0.2, -0.15) is 5.26 Å². The molecule has 1 saturated carbocycles. The second kappa shape index (κ2) is 3.10. The molecule has 2 heteroatoms. The van der Waals surface area contributed by atoms with Crippen molar-refractivity contribution in [1.29, 1.82) is 5.26 Å². The number of Topliss-reactive ketones (excluding diaryl/α,β-unsaturated/α-hetero) is 1. The van der Waals surface area contributed by atoms with E-state index < -0.39 is 5.41 Å². The molecule has 1 rings (SSSR count). The van der Waals surface area contributed by atoms with Crippen LogP contribution in [0.15, 0.2) is 12.7 Å². The zero-order valence-electron chi connectivity index (χ0n) is 7.34. The SMILES string of the molecule is C=CC[C@]1(C)C(=O)CC[C@@H]1C#N. The van der Waals surface area contributed by atoms with E-state index in [0.29, 0.717) is 12.8 Å². The molecule has 0 aromatic rings. The Hall–Kier alpha value is -1.10. The van der Waals surface area contributed by atoms with E-state index in [1.54, 1.807) is 6.08 Å². The molecule has 2 nitrogen and oxygen atoms in total. The summed E-state index contributed by atoms with van der Waals surface area (Å²) >= 11 is 0. The summed E-state index contributed by atoms with van der Waals surface area (Å²) in [5, 5.41) is 8.81. The predicted molar refractivity (Wildman–Crippen MR) is 46.3 cm³/mol. The molecule has 64 valence electrons. The van der Waals surface area contributed by atoms with Gasteiger partial charge in [0, 0.05) is 11.8 Å². The third-order valence-corrected chi connectivity index (χ3v) is 2.79. The molecule has 0 unspecified atom stereocenters. The van der Waals surface area contributed by atoms with Gasteiger partial charge in [-0.3, -0.25) is 4.79 Å². The van der Waals surface area contributed by atoms with Crippen LogP contribution in [-0.2, 0) is 4.79 Å². The molecule has 1 aliphatic carbocycles. The third-order valence-electron chi connectivity index (χ3n) is 2.79. The zero-order valence-corrected chi connectivity index (χ0v) is 7.34. The molecule has 0 bridgehead atoms. The zero-order chi connectivity index (χ0) is 9.19. The maximum absolute atomic E-state index is 11.5. The lowest BCUT2D eigenvalue weighted by molar-refractivity contribution is -0.125. The van der Waals surface area contributed by atoms with Gasteiger partial charge in [-0.05, 0) is 12.8 Å². The highest BCUT2D eigenvalue weighted by molar-refractivity contribution is 5.87. The number of ketones is 1. The van der Waals surface area contributed by atoms with Crippen LogP contribution in [0.25, 0.3) is 0 Å². The Morgan fingerprint density at radius 1 is 1.92 bits per heavy atom. The van der Waals surface area contributed by atoms with Gasteiger partial charge >= 0.3 is 0 Å². The van der Waals surface area contributed by atoms with Crippen molar-refractivity contribution in [1.82, 2.24) is 0 Å². The number of carbonyl (C=O) groups excluding carboxylic acids is 1. The highest BCUT2D eigenvalue weighted by atomic mass is 16.1. The quantitative estimate of drug-likeness (QED) is 0.585. The molecule has 0 heterocycles. The molecule has 0 aromatic carbocycles. The van der Waals surface area contributed by atoms with Crippen molar-refractivity contribution >= 4 is 5.78 Å². The van der Waals surface area contributed by atoms with Gasteiger partial charge in [-0.15, -0.1) is 6.58 Å². The molecule has 0 spiro atoms. The van der Waals surface area contributed by atoms with Crippen molar-refractivity contribution in [2.75, 3.05) is 0 Å². The van der Waals surface area contributed by atoms with Crippen LogP contribution < -0.4 is 0 Å². The third kappa shape index (κ3) is 1.16. The van der Waals surface area contributed by atoms with Crippen LogP contribution in [0.4, 0.5) is 0 Å². The van der Waals surface area contributed by atoms with E-state index in [2.05, 4.69) is 12.6 Å². The van der Waals surface area contributed by atoms with Gasteiger partial charge in [0.1, 0.15) is 5.78 Å². The molecular weight excluding hydrogens is 150 g/mol. The minimum Gasteiger partial charge on any atom is -0.299 e. The van der Waals surface area contributed by atoms with Gasteiger partial charge in [0.25, 0.3) is 0 Å². The Morgan fingerprint density at radius 2 is 2.58 bits per heavy atom. The second-order valence-corrected chi connectivity index (χ2v) is 3.55. The van der Waals surface area contributed by atoms with E-state index in [1.807, 2.05) is 6.92 Å². The van der Waals surface area contributed by atoms with Crippen LogP contribution in [-0.4, -0.2) is 5.78 Å². The Balaban J connectivity index is 2.89. The van der Waals surface area contributed by atoms with Crippen LogP contribution >= 0.6 is 0 Å². The first kappa shape index (κ1) is 8.99. The first-order chi connectivity index (χ1) is 5.65. The molecule has 2 atom stereocenters. The topological polar surface area (TPSA) is 40.9 Å². The molecular formula is C10H13NO. The maximum atomic E-state index is 11.5. The van der Waals surface area contributed by atoms with Crippen molar-refractivity contribution in [2.24, 2.45) is 11.3 Å². The summed E-state index contributed by atoms with van der Waals surface area (Å²) in [5.41, 5.74) is -0.448. The fraction of sp³-hybridized carbons (Fsp3) is 0.600. The highest BCUT2D eigenvalue weighted by Crippen LogP contribution is 2.42. The molecule has 1 fully saturated rings. The Labute approximate surface area is 72.9 Å². The van der Waals surface area contributed by atoms with E-state index in [-0.39, 0.29) is 11.7 Å². The summed E-state index contributed by atoms with van der Waals surface area (Å²) in [5.74, 6) is 0.108. The summed E-state index contributed by atoms with van der Waals surface area (Å²) in [7, 11) is 0. The second-order valence-electron chi connectivity index (χ2n) is 3.55. The largest absolute Gasteiger partial charge is 0.299 e. The van der Waals surface area contributed by atoms with Crippen LogP contribution in [0.3, 0.4) is 0 Å². The van der Waals surface area contributed by atoms with Crippen molar-refractivity contribution < 1.29 is 4.79 Å². The monoisotopic (exact) mass is 163 g/mol. The summed E-state index contributed by atoms with van der Waals surface area (Å²) in [6.07, 6.45) is 3.64. The smallest absolute Gasteiger partial charge is 0.140 e. The van der Waals surface area contributed by atoms with Gasteiger partial charge in [0.05, 0.1) is 12.0 Å². The van der Waals surface area contributed by atoms with Crippen LogP contribution in [0.1, 0.15) is 26.2 Å². The summed E-state index contributed by atoms with van der Waals surface area (Å²) < 4.78 is 0. The van der Waals surface area contributed by atoms with E-state index >= 15 is 0 Å². The van der Waals surface area contributed by atoms with E-state index in [1.165, 1.54) is 0 Å². The number of hydrogen-bond acceptors (Lipinski definition) is 2. The predicted octanol–water partition coefficient (Wildman–Crippen LogP) is 2.07. The number of hydrogen-bond donors (Lipinski definition) is 0. The molecule has 0 aromatic heterocycles. The fourth-order valence-electron chi connectivity index (χ4n) is 1.84. The summed E-state index contributed by atoms with van der Waals surface area (Å²) in [6.45, 7) is 5.48. The van der Waals surface area contributed by atoms with Gasteiger partial charge in [-0.25, -0.2) is 0 Å². The first-order valence-corrected chi connectivity index (χ1v) is 4.19. The van der Waals surface area contributed by atoms with E-state index in [4.69, 9.17) is 5.26 Å². The molecule has 1 aliphatic rings. The molecule has 0 saturated heterocycles. The van der Waals surface area contributed by atoms with Crippen molar-refractivity contribution in [3.8, 4) is 6.07 Å². The average Bonchev–Trinajstić information content (AvgIpc) is 2.30. The number of nitrogens with zero attached hydrogens (tertiary/aromatic N) is 1. The molecule has 12 heavy (non-hydrogen) atoms. The minimum absolute atomic E-state index is 0.108. The molecule has 0 radical (unpaired) electrons. The van der Waals surface area contributed by atoms with Crippen LogP contribution in [0.2, 0.25) is 0 Å². The Morgan fingerprint density at radius 3 is 3.08 bits per heavy atom. The van der Waals surface area contributed by atoms with Gasteiger partial charge < -0.3 is 0 Å². The number of nitriles is 1. The van der Waals surface area contributed by atoms with Gasteiger partial charge in [0.2, 0.25) is 0 Å². The normalized spacial score (nSPS) is 34.7. The number of carbonyl (C=O) groups is 1. The number of allylic oxidation sites excluding steroid dienone is 1. The molecule has 0 aliphatic heterocycles. The highest BCUT2D eigenvalue weighted by Gasteiger charge is 2.44. The fourth-order valence-corrected chi connectivity index (χ4v) is 1.84. The Bertz CT molecular complexity index is 251. The maximum Gasteiger partial charge on any atom is 0.140 e. The lowest BCUT2D eigenvalue weighted by atomic mass is 9.77. The van der Waals surface area contributed by atoms with E-state index in [9.17, 15) is 4.79 Å². The van der Waals surface area contributed by atoms with Crippen molar-refractivity contribution in [3.05, 3.63) is 12.7 Å². The van der Waals surface area contributed by atoms with Crippen LogP contribution in [0.5, 0.6) is 0 Å². The molecule has 0 amide bonds. The summed E-state index contributed by atoms with van der Waals surface area (Å²) in [4.78, 5) is 11.5. The standard InChI is InChI=1S/C10H13NO/c1-3-6-10(2)8(7-11)4-5-9(10)12/h3,8H,1,4-6H2,2H3/t8-,10+/m1/s1. The Kier molecular flexibility index (Phi) is 2.32. The van der Waals surface area contributed by atoms with Crippen molar-refractivity contribution in [2.45, 2.75) is 26.2 Å². The van der Waals surface area contributed by atoms with Crippen LogP contribution in [0, 0.1) is 22.7 Å². The van der Waals surface area contributed by atoms with E-state index in [0.717, 1.165) is 6.42 Å².